The first-order chi connectivity index (χ1) is 12.8. The normalized spacial score (nSPS) is 13.9. The van der Waals surface area contributed by atoms with Gasteiger partial charge in [0.15, 0.2) is 18.1 Å². The summed E-state index contributed by atoms with van der Waals surface area (Å²) in [5.74, 6) is -31.6. The molecule has 0 unspecified atom stereocenters. The molecule has 0 bridgehead atoms. The second-order valence-corrected chi connectivity index (χ2v) is 5.38. The molecular weight excluding hydrogens is 441 g/mol. The van der Waals surface area contributed by atoms with E-state index in [0.717, 1.165) is 7.11 Å². The Kier molecular flexibility index (Phi) is 6.27. The highest BCUT2D eigenvalue weighted by Crippen LogP contribution is 2.57. The summed E-state index contributed by atoms with van der Waals surface area (Å²) in [5, 5.41) is 8.73. The first kappa shape index (κ1) is 24.6. The van der Waals surface area contributed by atoms with Gasteiger partial charge >= 0.3 is 35.8 Å². The Morgan fingerprint density at radius 2 is 1.38 bits per heavy atom. The molecule has 0 atom stereocenters. The third-order valence-electron chi connectivity index (χ3n) is 3.42. The van der Waals surface area contributed by atoms with Crippen LogP contribution >= 0.6 is 0 Å². The molecule has 1 N–H and O–H groups in total. The average molecular weight is 450 g/mol. The van der Waals surface area contributed by atoms with Crippen LogP contribution in [0.25, 0.3) is 0 Å². The van der Waals surface area contributed by atoms with E-state index < -0.39 is 59.5 Å². The number of carbonyl (C=O) groups is 1. The fourth-order valence-corrected chi connectivity index (χ4v) is 1.78. The summed E-state index contributed by atoms with van der Waals surface area (Å²) in [4.78, 5) is 10.8. The van der Waals surface area contributed by atoms with Crippen molar-refractivity contribution in [2.75, 3.05) is 13.7 Å². The Morgan fingerprint density at radius 3 is 1.79 bits per heavy atom. The Hall–Kier alpha value is -2.48. The third-order valence-corrected chi connectivity index (χ3v) is 3.42. The second kappa shape index (κ2) is 7.40. The molecule has 15 heteroatoms. The molecule has 0 aliphatic heterocycles. The molecule has 0 spiro atoms. The van der Waals surface area contributed by atoms with Crippen LogP contribution in [0.2, 0.25) is 0 Å². The molecule has 0 heterocycles. The van der Waals surface area contributed by atoms with E-state index in [9.17, 15) is 53.1 Å². The lowest BCUT2D eigenvalue weighted by molar-refractivity contribution is -0.423. The van der Waals surface area contributed by atoms with Gasteiger partial charge in [-0.25, -0.2) is 4.79 Å². The van der Waals surface area contributed by atoms with Gasteiger partial charge in [0, 0.05) is 0 Å². The first-order valence-electron chi connectivity index (χ1n) is 6.95. The van der Waals surface area contributed by atoms with Crippen molar-refractivity contribution < 1.29 is 67.7 Å². The Morgan fingerprint density at radius 1 is 0.862 bits per heavy atom. The van der Waals surface area contributed by atoms with E-state index in [2.05, 4.69) is 9.47 Å². The summed E-state index contributed by atoms with van der Waals surface area (Å²) in [6.45, 7) is -2.77. The lowest BCUT2D eigenvalue weighted by Gasteiger charge is -2.37. The van der Waals surface area contributed by atoms with Crippen molar-refractivity contribution >= 4 is 5.97 Å². The predicted molar refractivity (Wildman–Crippen MR) is 71.3 cm³/mol. The van der Waals surface area contributed by atoms with Gasteiger partial charge in [0.1, 0.15) is 0 Å². The maximum atomic E-state index is 13.6. The molecule has 0 aliphatic rings. The van der Waals surface area contributed by atoms with E-state index in [0.29, 0.717) is 18.2 Å². The van der Waals surface area contributed by atoms with Crippen molar-refractivity contribution in [3.63, 3.8) is 0 Å². The van der Waals surface area contributed by atoms with Gasteiger partial charge in [-0.3, -0.25) is 0 Å². The van der Waals surface area contributed by atoms with Crippen LogP contribution in [0.1, 0.15) is 10.4 Å². The number of carboxylic acids is 1. The molecule has 0 aromatic heterocycles. The van der Waals surface area contributed by atoms with Crippen molar-refractivity contribution in [2.24, 2.45) is 0 Å². The SMILES string of the molecule is COc1cc(C(=O)O)ccc1OCC(F)(F)C(F)(F)C(F)(F)C(F)(F)C(F)(F)F. The molecule has 0 saturated heterocycles. The van der Waals surface area contributed by atoms with Gasteiger partial charge in [-0.15, -0.1) is 0 Å². The molecule has 0 fully saturated rings. The zero-order chi connectivity index (χ0) is 23.1. The highest BCUT2D eigenvalue weighted by molar-refractivity contribution is 5.88. The number of benzene rings is 1. The van der Waals surface area contributed by atoms with Crippen molar-refractivity contribution in [2.45, 2.75) is 29.9 Å². The van der Waals surface area contributed by atoms with Crippen LogP contribution in [0.3, 0.4) is 0 Å². The zero-order valence-electron chi connectivity index (χ0n) is 13.8. The minimum absolute atomic E-state index is 0.498. The summed E-state index contributed by atoms with van der Waals surface area (Å²) in [7, 11) is 0.846. The molecule has 166 valence electrons. The molecule has 0 radical (unpaired) electrons. The number of ether oxygens (including phenoxy) is 2. The Bertz CT molecular complexity index is 758. The zero-order valence-corrected chi connectivity index (χ0v) is 13.8. The van der Waals surface area contributed by atoms with Gasteiger partial charge in [-0.05, 0) is 18.2 Å². The number of aromatic carboxylic acids is 1. The van der Waals surface area contributed by atoms with Gasteiger partial charge < -0.3 is 14.6 Å². The smallest absolute Gasteiger partial charge is 0.460 e. The van der Waals surface area contributed by atoms with Gasteiger partial charge in [-0.2, -0.15) is 48.3 Å². The predicted octanol–water partition coefficient (Wildman–Crippen LogP) is 4.88. The quantitative estimate of drug-likeness (QED) is 0.574. The highest BCUT2D eigenvalue weighted by Gasteiger charge is 2.87. The number of hydrogen-bond donors (Lipinski definition) is 1. The average Bonchev–Trinajstić information content (AvgIpc) is 2.58. The van der Waals surface area contributed by atoms with Crippen LogP contribution in [0.15, 0.2) is 18.2 Å². The van der Waals surface area contributed by atoms with Gasteiger partial charge in [-0.1, -0.05) is 0 Å². The van der Waals surface area contributed by atoms with Crippen molar-refractivity contribution in [1.29, 1.82) is 0 Å². The van der Waals surface area contributed by atoms with Gasteiger partial charge in [0.05, 0.1) is 12.7 Å². The van der Waals surface area contributed by atoms with Gasteiger partial charge in [0.25, 0.3) is 0 Å². The van der Waals surface area contributed by atoms with Crippen LogP contribution in [-0.2, 0) is 0 Å². The first-order valence-corrected chi connectivity index (χ1v) is 6.95. The summed E-state index contributed by atoms with van der Waals surface area (Å²) >= 11 is 0. The number of hydrogen-bond acceptors (Lipinski definition) is 3. The molecule has 0 amide bonds. The summed E-state index contributed by atoms with van der Waals surface area (Å²) in [6.07, 6.45) is -7.26. The summed E-state index contributed by atoms with van der Waals surface area (Å²) in [6, 6.07) is 1.93. The lowest BCUT2D eigenvalue weighted by Crippen LogP contribution is -2.67. The maximum Gasteiger partial charge on any atom is 0.460 e. The molecule has 1 aromatic rings. The van der Waals surface area contributed by atoms with E-state index in [1.165, 1.54) is 0 Å². The maximum absolute atomic E-state index is 13.6. The van der Waals surface area contributed by atoms with E-state index in [-0.39, 0.29) is 0 Å². The minimum atomic E-state index is -7.54. The highest BCUT2D eigenvalue weighted by atomic mass is 19.4. The monoisotopic (exact) mass is 450 g/mol. The number of carboxylic acid groups (broad SMARTS) is 1. The van der Waals surface area contributed by atoms with Gasteiger partial charge in [0.2, 0.25) is 0 Å². The fourth-order valence-electron chi connectivity index (χ4n) is 1.78. The fraction of sp³-hybridized carbons (Fsp3) is 0.500. The molecular formula is C14H9F11O4. The third kappa shape index (κ3) is 4.12. The number of halogens is 11. The van der Waals surface area contributed by atoms with Crippen LogP contribution < -0.4 is 9.47 Å². The molecule has 1 rings (SSSR count). The Labute approximate surface area is 153 Å². The topological polar surface area (TPSA) is 55.8 Å². The molecule has 29 heavy (non-hydrogen) atoms. The van der Waals surface area contributed by atoms with Crippen LogP contribution in [-0.4, -0.2) is 54.7 Å². The summed E-state index contributed by atoms with van der Waals surface area (Å²) in [5.41, 5.74) is -0.498. The van der Waals surface area contributed by atoms with E-state index >= 15 is 0 Å². The molecule has 0 saturated carbocycles. The lowest BCUT2D eigenvalue weighted by atomic mass is 9.98. The van der Waals surface area contributed by atoms with Crippen molar-refractivity contribution in [3.05, 3.63) is 23.8 Å². The molecule has 0 aliphatic carbocycles. The van der Waals surface area contributed by atoms with Crippen LogP contribution in [0.5, 0.6) is 11.5 Å². The second-order valence-electron chi connectivity index (χ2n) is 5.38. The van der Waals surface area contributed by atoms with Crippen molar-refractivity contribution in [3.8, 4) is 11.5 Å². The number of rotatable bonds is 8. The standard InChI is InChI=1S/C14H9F11O4/c1-28-8-4-6(9(26)27)2-3-7(8)29-5-10(15,16)11(17,18)12(19,20)13(21,22)14(23,24)25/h2-4H,5H2,1H3,(H,26,27). The minimum Gasteiger partial charge on any atom is -0.493 e. The number of methoxy groups -OCH3 is 1. The van der Waals surface area contributed by atoms with E-state index in [4.69, 9.17) is 5.11 Å². The van der Waals surface area contributed by atoms with Crippen LogP contribution in [0, 0.1) is 0 Å². The largest absolute Gasteiger partial charge is 0.493 e. The number of alkyl halides is 11. The summed E-state index contributed by atoms with van der Waals surface area (Å²) < 4.78 is 150. The van der Waals surface area contributed by atoms with Crippen LogP contribution in [0.4, 0.5) is 48.3 Å². The Balaban J connectivity index is 3.21. The van der Waals surface area contributed by atoms with E-state index in [1.807, 2.05) is 0 Å². The molecule has 1 aromatic carbocycles. The van der Waals surface area contributed by atoms with E-state index in [1.54, 1.807) is 0 Å². The van der Waals surface area contributed by atoms with Crippen molar-refractivity contribution in [1.82, 2.24) is 0 Å². The molecule has 4 nitrogen and oxygen atoms in total.